The molecule has 16 heavy (non-hydrogen) atoms. The lowest BCUT2D eigenvalue weighted by Gasteiger charge is -2.37. The van der Waals surface area contributed by atoms with Crippen LogP contribution in [-0.4, -0.2) is 43.0 Å². The van der Waals surface area contributed by atoms with Gasteiger partial charge in [-0.15, -0.1) is 5.01 Å². The van der Waals surface area contributed by atoms with Gasteiger partial charge in [0.1, 0.15) is 0 Å². The summed E-state index contributed by atoms with van der Waals surface area (Å²) in [6.07, 6.45) is 7.36. The molecule has 0 spiro atoms. The third-order valence-corrected chi connectivity index (χ3v) is 3.14. The van der Waals surface area contributed by atoms with Crippen LogP contribution in [0.25, 0.3) is 0 Å². The van der Waals surface area contributed by atoms with E-state index in [1.54, 1.807) is 0 Å². The van der Waals surface area contributed by atoms with Gasteiger partial charge in [0, 0.05) is 25.4 Å². The van der Waals surface area contributed by atoms with Gasteiger partial charge in [0.05, 0.1) is 14.1 Å². The molecule has 0 aromatic rings. The lowest BCUT2D eigenvalue weighted by molar-refractivity contribution is -0.971. The minimum atomic E-state index is 0.727. The largest absolute Gasteiger partial charge is 0.242 e. The predicted octanol–water partition coefficient (Wildman–Crippen LogP) is 2.58. The van der Waals surface area contributed by atoms with Gasteiger partial charge in [0.25, 0.3) is 0 Å². The zero-order valence-corrected chi connectivity index (χ0v) is 11.2. The number of allylic oxidation sites excluding steroid dienone is 3. The predicted molar refractivity (Wildman–Crippen MR) is 70.0 cm³/mol. The molecule has 90 valence electrons. The van der Waals surface area contributed by atoms with E-state index in [2.05, 4.69) is 57.0 Å². The van der Waals surface area contributed by atoms with Gasteiger partial charge in [-0.1, -0.05) is 6.08 Å². The van der Waals surface area contributed by atoms with Crippen molar-refractivity contribution in [3.8, 4) is 0 Å². The Morgan fingerprint density at radius 1 is 1.25 bits per heavy atom. The summed E-state index contributed by atoms with van der Waals surface area (Å²) in [6.45, 7) is 8.53. The molecular weight excluding hydrogens is 198 g/mol. The van der Waals surface area contributed by atoms with Gasteiger partial charge in [-0.25, -0.2) is 9.58 Å². The highest BCUT2D eigenvalue weighted by Crippen LogP contribution is 2.19. The molecule has 0 fully saturated rings. The molecule has 0 aliphatic carbocycles. The Morgan fingerprint density at radius 3 is 2.44 bits per heavy atom. The number of aliphatic imine (C=N–C) groups is 1. The molecule has 1 aliphatic heterocycles. The van der Waals surface area contributed by atoms with Crippen molar-refractivity contribution in [1.29, 1.82) is 0 Å². The van der Waals surface area contributed by atoms with Crippen LogP contribution in [0, 0.1) is 0 Å². The van der Waals surface area contributed by atoms with E-state index in [0.29, 0.717) is 0 Å². The quantitative estimate of drug-likeness (QED) is 0.527. The molecule has 0 saturated carbocycles. The molecule has 0 atom stereocenters. The molecule has 3 heteroatoms. The van der Waals surface area contributed by atoms with E-state index in [-0.39, 0.29) is 0 Å². The van der Waals surface area contributed by atoms with Crippen molar-refractivity contribution >= 4 is 6.21 Å². The molecule has 0 amide bonds. The van der Waals surface area contributed by atoms with Gasteiger partial charge in [0.2, 0.25) is 5.82 Å². The number of rotatable bonds is 4. The standard InChI is InChI=1S/C13H24N3/c1-6-15(7-2)16(4,5)13-10-8-9-12(3)11-14-13/h9-11H,6-8H2,1-5H3/q+1. The summed E-state index contributed by atoms with van der Waals surface area (Å²) < 4.78 is 0.727. The Labute approximate surface area is 99.3 Å². The Hall–Kier alpha value is -0.930. The van der Waals surface area contributed by atoms with E-state index in [9.17, 15) is 0 Å². The fourth-order valence-corrected chi connectivity index (χ4v) is 2.06. The van der Waals surface area contributed by atoms with Crippen molar-refractivity contribution in [2.24, 2.45) is 4.99 Å². The normalized spacial score (nSPS) is 17.1. The van der Waals surface area contributed by atoms with Crippen molar-refractivity contribution in [2.45, 2.75) is 27.2 Å². The van der Waals surface area contributed by atoms with Gasteiger partial charge in [-0.3, -0.25) is 0 Å². The van der Waals surface area contributed by atoms with Crippen molar-refractivity contribution in [3.63, 3.8) is 0 Å². The van der Waals surface area contributed by atoms with E-state index in [0.717, 1.165) is 29.9 Å². The monoisotopic (exact) mass is 222 g/mol. The summed E-state index contributed by atoms with van der Waals surface area (Å²) in [5.74, 6) is 1.12. The molecule has 0 unspecified atom stereocenters. The minimum absolute atomic E-state index is 0.727. The SMILES string of the molecule is CCN(CC)[N+](C)(C)C1=CCC=C(C)C=N1. The molecule has 1 rings (SSSR count). The van der Waals surface area contributed by atoms with E-state index >= 15 is 0 Å². The van der Waals surface area contributed by atoms with Gasteiger partial charge in [0.15, 0.2) is 0 Å². The Bertz CT molecular complexity index is 320. The fraction of sp³-hybridized carbons (Fsp3) is 0.615. The molecule has 0 saturated heterocycles. The second kappa shape index (κ2) is 5.41. The molecule has 0 bridgehead atoms. The third-order valence-electron chi connectivity index (χ3n) is 3.14. The summed E-state index contributed by atoms with van der Waals surface area (Å²) in [5, 5.41) is 2.38. The average Bonchev–Trinajstić information content (AvgIpc) is 2.44. The van der Waals surface area contributed by atoms with Crippen LogP contribution in [0.2, 0.25) is 0 Å². The molecular formula is C13H24N3+. The van der Waals surface area contributed by atoms with Crippen LogP contribution in [0.4, 0.5) is 0 Å². The Kier molecular flexibility index (Phi) is 4.44. The molecule has 0 aromatic heterocycles. The first kappa shape index (κ1) is 13.1. The van der Waals surface area contributed by atoms with Crippen LogP contribution in [0.5, 0.6) is 0 Å². The first-order valence-corrected chi connectivity index (χ1v) is 6.03. The maximum atomic E-state index is 4.59. The summed E-state index contributed by atoms with van der Waals surface area (Å²) >= 11 is 0. The average molecular weight is 222 g/mol. The van der Waals surface area contributed by atoms with Crippen molar-refractivity contribution < 1.29 is 4.59 Å². The lowest BCUT2D eigenvalue weighted by atomic mass is 10.2. The van der Waals surface area contributed by atoms with Gasteiger partial charge < -0.3 is 0 Å². The molecule has 1 heterocycles. The fourth-order valence-electron chi connectivity index (χ4n) is 2.06. The summed E-state index contributed by atoms with van der Waals surface area (Å²) in [4.78, 5) is 4.59. The van der Waals surface area contributed by atoms with Crippen LogP contribution in [0.3, 0.4) is 0 Å². The van der Waals surface area contributed by atoms with Crippen LogP contribution in [0.1, 0.15) is 27.2 Å². The molecule has 0 N–H and O–H groups in total. The van der Waals surface area contributed by atoms with Gasteiger partial charge in [-0.05, 0) is 32.8 Å². The van der Waals surface area contributed by atoms with Crippen molar-refractivity contribution in [3.05, 3.63) is 23.5 Å². The van der Waals surface area contributed by atoms with E-state index < -0.39 is 0 Å². The number of hydrogen-bond donors (Lipinski definition) is 0. The van der Waals surface area contributed by atoms with Crippen LogP contribution in [-0.2, 0) is 0 Å². The van der Waals surface area contributed by atoms with Gasteiger partial charge >= 0.3 is 0 Å². The number of nitrogens with zero attached hydrogens (tertiary/aromatic N) is 3. The van der Waals surface area contributed by atoms with Crippen LogP contribution < -0.4 is 0 Å². The molecule has 1 aliphatic rings. The van der Waals surface area contributed by atoms with Crippen LogP contribution >= 0.6 is 0 Å². The summed E-state index contributed by atoms with van der Waals surface area (Å²) in [7, 11) is 4.38. The van der Waals surface area contributed by atoms with Crippen molar-refractivity contribution in [2.75, 3.05) is 27.2 Å². The second-order valence-corrected chi connectivity index (χ2v) is 4.54. The molecule has 3 nitrogen and oxygen atoms in total. The Balaban J connectivity index is 2.92. The first-order chi connectivity index (χ1) is 7.52. The summed E-state index contributed by atoms with van der Waals surface area (Å²) in [5.41, 5.74) is 1.24. The maximum Gasteiger partial charge on any atom is 0.242 e. The topological polar surface area (TPSA) is 15.6 Å². The van der Waals surface area contributed by atoms with E-state index in [1.165, 1.54) is 5.57 Å². The maximum absolute atomic E-state index is 4.59. The highest BCUT2D eigenvalue weighted by Gasteiger charge is 2.28. The molecule has 0 radical (unpaired) electrons. The zero-order valence-electron chi connectivity index (χ0n) is 11.2. The van der Waals surface area contributed by atoms with E-state index in [1.807, 2.05) is 6.21 Å². The Morgan fingerprint density at radius 2 is 1.88 bits per heavy atom. The highest BCUT2D eigenvalue weighted by molar-refractivity contribution is 5.78. The minimum Gasteiger partial charge on any atom is -0.203 e. The second-order valence-electron chi connectivity index (χ2n) is 4.54. The number of quaternary nitrogens is 1. The highest BCUT2D eigenvalue weighted by atomic mass is 15.7. The first-order valence-electron chi connectivity index (χ1n) is 6.03. The van der Waals surface area contributed by atoms with Crippen molar-refractivity contribution in [1.82, 2.24) is 5.01 Å². The third kappa shape index (κ3) is 2.80. The van der Waals surface area contributed by atoms with E-state index in [4.69, 9.17) is 0 Å². The van der Waals surface area contributed by atoms with Crippen LogP contribution in [0.15, 0.2) is 28.5 Å². The molecule has 0 aromatic carbocycles. The summed E-state index contributed by atoms with van der Waals surface area (Å²) in [6, 6.07) is 0. The smallest absolute Gasteiger partial charge is 0.203 e. The zero-order chi connectivity index (χ0) is 12.2. The lowest BCUT2D eigenvalue weighted by Crippen LogP contribution is -2.53. The number of hydrogen-bond acceptors (Lipinski definition) is 2. The van der Waals surface area contributed by atoms with Gasteiger partial charge in [-0.2, -0.15) is 0 Å².